The zero-order valence-electron chi connectivity index (χ0n) is 14.5. The summed E-state index contributed by atoms with van der Waals surface area (Å²) in [7, 11) is 1.62. The van der Waals surface area contributed by atoms with Crippen LogP contribution in [0.4, 0.5) is 0 Å². The minimum atomic E-state index is -0.146. The number of hydrogen-bond donors (Lipinski definition) is 1. The van der Waals surface area contributed by atoms with Crippen molar-refractivity contribution in [3.05, 3.63) is 47.4 Å². The summed E-state index contributed by atoms with van der Waals surface area (Å²) in [6.45, 7) is 3.34. The monoisotopic (exact) mass is 345 g/mol. The smallest absolute Gasteiger partial charge is 0.254 e. The molecule has 1 aliphatic rings. The Morgan fingerprint density at radius 3 is 2.72 bits per heavy atom. The predicted molar refractivity (Wildman–Crippen MR) is 92.1 cm³/mol. The van der Waals surface area contributed by atoms with E-state index in [0.717, 1.165) is 25.2 Å². The first-order chi connectivity index (χ1) is 12.2. The number of hydrogen-bond acceptors (Lipinski definition) is 5. The molecule has 1 N–H and O–H groups in total. The topological polar surface area (TPSA) is 69.9 Å². The van der Waals surface area contributed by atoms with E-state index in [9.17, 15) is 4.79 Å². The van der Waals surface area contributed by atoms with Gasteiger partial charge in [0.25, 0.3) is 5.91 Å². The van der Waals surface area contributed by atoms with Crippen LogP contribution in [0.2, 0.25) is 0 Å². The number of benzene rings is 1. The molecular weight excluding hydrogens is 322 g/mol. The van der Waals surface area contributed by atoms with Crippen LogP contribution < -0.4 is 14.8 Å². The molecule has 2 heterocycles. The Bertz CT molecular complexity index is 701. The summed E-state index contributed by atoms with van der Waals surface area (Å²) >= 11 is 0. The van der Waals surface area contributed by atoms with Crippen LogP contribution in [0, 0.1) is 6.92 Å². The van der Waals surface area contributed by atoms with Gasteiger partial charge in [0, 0.05) is 13.2 Å². The number of furan rings is 1. The molecule has 1 aliphatic heterocycles. The van der Waals surface area contributed by atoms with Gasteiger partial charge >= 0.3 is 0 Å². The summed E-state index contributed by atoms with van der Waals surface area (Å²) < 4.78 is 21.9. The summed E-state index contributed by atoms with van der Waals surface area (Å²) in [5.74, 6) is 2.52. The van der Waals surface area contributed by atoms with E-state index in [1.54, 1.807) is 20.1 Å². The third-order valence-electron chi connectivity index (χ3n) is 4.17. The lowest BCUT2D eigenvalue weighted by Gasteiger charge is -2.10. The molecule has 0 bridgehead atoms. The van der Waals surface area contributed by atoms with Crippen molar-refractivity contribution in [2.75, 3.05) is 20.3 Å². The van der Waals surface area contributed by atoms with E-state index in [0.29, 0.717) is 29.4 Å². The summed E-state index contributed by atoms with van der Waals surface area (Å²) in [6.07, 6.45) is 2.16. The molecule has 0 radical (unpaired) electrons. The highest BCUT2D eigenvalue weighted by atomic mass is 16.5. The molecular formula is C19H23NO5. The van der Waals surface area contributed by atoms with Gasteiger partial charge in [-0.3, -0.25) is 4.79 Å². The summed E-state index contributed by atoms with van der Waals surface area (Å²) in [4.78, 5) is 12.3. The number of methoxy groups -OCH3 is 1. The maximum absolute atomic E-state index is 12.3. The molecule has 1 fully saturated rings. The second kappa shape index (κ2) is 8.07. The molecule has 0 saturated carbocycles. The van der Waals surface area contributed by atoms with Gasteiger partial charge in [0.05, 0.1) is 18.8 Å². The average Bonchev–Trinajstić information content (AvgIpc) is 3.28. The van der Waals surface area contributed by atoms with Gasteiger partial charge in [0.15, 0.2) is 0 Å². The number of amides is 1. The second-order valence-electron chi connectivity index (χ2n) is 5.99. The van der Waals surface area contributed by atoms with Crippen molar-refractivity contribution in [1.29, 1.82) is 0 Å². The first kappa shape index (κ1) is 17.4. The number of rotatable bonds is 7. The maximum Gasteiger partial charge on any atom is 0.254 e. The van der Waals surface area contributed by atoms with Crippen LogP contribution in [0.15, 0.2) is 34.7 Å². The van der Waals surface area contributed by atoms with Crippen LogP contribution in [-0.2, 0) is 11.3 Å². The highest BCUT2D eigenvalue weighted by Crippen LogP contribution is 2.20. The van der Waals surface area contributed by atoms with E-state index in [1.807, 2.05) is 24.3 Å². The van der Waals surface area contributed by atoms with Gasteiger partial charge in [-0.2, -0.15) is 0 Å². The zero-order valence-corrected chi connectivity index (χ0v) is 14.5. The fourth-order valence-electron chi connectivity index (χ4n) is 2.77. The van der Waals surface area contributed by atoms with Gasteiger partial charge in [-0.1, -0.05) is 0 Å². The van der Waals surface area contributed by atoms with Crippen molar-refractivity contribution in [2.45, 2.75) is 32.5 Å². The van der Waals surface area contributed by atoms with Crippen LogP contribution in [0.25, 0.3) is 0 Å². The summed E-state index contributed by atoms with van der Waals surface area (Å²) in [5.41, 5.74) is 0.534. The Kier molecular flexibility index (Phi) is 5.60. The lowest BCUT2D eigenvalue weighted by atomic mass is 10.2. The van der Waals surface area contributed by atoms with E-state index < -0.39 is 0 Å². The van der Waals surface area contributed by atoms with E-state index in [4.69, 9.17) is 18.6 Å². The van der Waals surface area contributed by atoms with Gasteiger partial charge < -0.3 is 23.9 Å². The maximum atomic E-state index is 12.3. The molecule has 0 aliphatic carbocycles. The molecule has 1 amide bonds. The molecule has 6 heteroatoms. The Hall–Kier alpha value is -2.47. The number of ether oxygens (including phenoxy) is 3. The number of carbonyl (C=O) groups is 1. The van der Waals surface area contributed by atoms with Crippen molar-refractivity contribution in [2.24, 2.45) is 0 Å². The normalized spacial score (nSPS) is 16.6. The van der Waals surface area contributed by atoms with Crippen LogP contribution >= 0.6 is 0 Å². The van der Waals surface area contributed by atoms with Crippen LogP contribution in [0.3, 0.4) is 0 Å². The fourth-order valence-corrected chi connectivity index (χ4v) is 2.77. The number of carbonyl (C=O) groups excluding carboxylic acids is 1. The third-order valence-corrected chi connectivity index (χ3v) is 4.17. The highest BCUT2D eigenvalue weighted by Gasteiger charge is 2.19. The Morgan fingerprint density at radius 2 is 2.04 bits per heavy atom. The van der Waals surface area contributed by atoms with E-state index in [1.165, 1.54) is 0 Å². The molecule has 3 rings (SSSR count). The Balaban J connectivity index is 1.54. The van der Waals surface area contributed by atoms with Gasteiger partial charge in [-0.15, -0.1) is 0 Å². The largest absolute Gasteiger partial charge is 0.497 e. The van der Waals surface area contributed by atoms with Crippen molar-refractivity contribution >= 4 is 5.91 Å². The van der Waals surface area contributed by atoms with Crippen molar-refractivity contribution in [1.82, 2.24) is 5.32 Å². The van der Waals surface area contributed by atoms with Crippen molar-refractivity contribution in [3.63, 3.8) is 0 Å². The van der Waals surface area contributed by atoms with Gasteiger partial charge in [-0.05, 0) is 50.1 Å². The van der Waals surface area contributed by atoms with E-state index >= 15 is 0 Å². The fraction of sp³-hybridized carbons (Fsp3) is 0.421. The zero-order chi connectivity index (χ0) is 17.6. The van der Waals surface area contributed by atoms with E-state index in [-0.39, 0.29) is 18.6 Å². The minimum absolute atomic E-state index is 0.119. The molecule has 0 spiro atoms. The predicted octanol–water partition coefficient (Wildman–Crippen LogP) is 3.08. The molecule has 134 valence electrons. The number of nitrogens with one attached hydrogen (secondary N) is 1. The molecule has 1 saturated heterocycles. The first-order valence-electron chi connectivity index (χ1n) is 8.41. The SMILES string of the molecule is COc1ccc(OCc2cc(C(=O)NCC3CCCO3)c(C)o2)cc1. The average molecular weight is 345 g/mol. The standard InChI is InChI=1S/C19H23NO5/c1-13-18(19(21)20-11-16-4-3-9-23-16)10-17(25-13)12-24-15-7-5-14(22-2)6-8-15/h5-8,10,16H,3-4,9,11-12H2,1-2H3,(H,20,21). The molecule has 6 nitrogen and oxygen atoms in total. The quantitative estimate of drug-likeness (QED) is 0.835. The third kappa shape index (κ3) is 4.54. The van der Waals surface area contributed by atoms with Crippen molar-refractivity contribution in [3.8, 4) is 11.5 Å². The van der Waals surface area contributed by atoms with Gasteiger partial charge in [0.2, 0.25) is 0 Å². The highest BCUT2D eigenvalue weighted by molar-refractivity contribution is 5.95. The van der Waals surface area contributed by atoms with Gasteiger partial charge in [0.1, 0.15) is 29.6 Å². The molecule has 1 atom stereocenters. The lowest BCUT2D eigenvalue weighted by molar-refractivity contribution is 0.0856. The van der Waals surface area contributed by atoms with Gasteiger partial charge in [-0.25, -0.2) is 0 Å². The molecule has 25 heavy (non-hydrogen) atoms. The number of aryl methyl sites for hydroxylation is 1. The minimum Gasteiger partial charge on any atom is -0.497 e. The lowest BCUT2D eigenvalue weighted by Crippen LogP contribution is -2.31. The van der Waals surface area contributed by atoms with Crippen LogP contribution in [0.5, 0.6) is 11.5 Å². The molecule has 1 aromatic heterocycles. The second-order valence-corrected chi connectivity index (χ2v) is 5.99. The Morgan fingerprint density at radius 1 is 1.28 bits per heavy atom. The molecule has 1 aromatic carbocycles. The van der Waals surface area contributed by atoms with Crippen LogP contribution in [0.1, 0.15) is 34.7 Å². The molecule has 1 unspecified atom stereocenters. The Labute approximate surface area is 147 Å². The summed E-state index contributed by atoms with van der Waals surface area (Å²) in [5, 5.41) is 2.90. The summed E-state index contributed by atoms with van der Waals surface area (Å²) in [6, 6.07) is 9.02. The molecule has 2 aromatic rings. The van der Waals surface area contributed by atoms with E-state index in [2.05, 4.69) is 5.32 Å². The van der Waals surface area contributed by atoms with Crippen LogP contribution in [-0.4, -0.2) is 32.3 Å². The van der Waals surface area contributed by atoms with Crippen molar-refractivity contribution < 1.29 is 23.4 Å². The first-order valence-corrected chi connectivity index (χ1v) is 8.41.